The van der Waals surface area contributed by atoms with Crippen molar-refractivity contribution < 1.29 is 9.53 Å². The van der Waals surface area contributed by atoms with Crippen molar-refractivity contribution in [2.24, 2.45) is 5.11 Å². The molecular formula is C17H18N8O2. The number of fused-ring (bicyclic) bond motifs is 1. The van der Waals surface area contributed by atoms with Crippen LogP contribution in [0.25, 0.3) is 21.6 Å². The second-order valence-corrected chi connectivity index (χ2v) is 5.97. The van der Waals surface area contributed by atoms with Crippen LogP contribution in [0, 0.1) is 0 Å². The lowest BCUT2D eigenvalue weighted by Gasteiger charge is -2.17. The van der Waals surface area contributed by atoms with E-state index in [-0.39, 0.29) is 13.1 Å². The summed E-state index contributed by atoms with van der Waals surface area (Å²) in [6.45, 7) is 0.248. The van der Waals surface area contributed by atoms with Crippen LogP contribution in [-0.4, -0.2) is 52.2 Å². The Kier molecular flexibility index (Phi) is 5.48. The summed E-state index contributed by atoms with van der Waals surface area (Å²) >= 11 is 0. The van der Waals surface area contributed by atoms with Gasteiger partial charge in [0.1, 0.15) is 12.4 Å². The lowest BCUT2D eigenvalue weighted by atomic mass is 10.2. The first-order chi connectivity index (χ1) is 13.1. The van der Waals surface area contributed by atoms with Crippen molar-refractivity contribution >= 4 is 23.0 Å². The highest BCUT2D eigenvalue weighted by atomic mass is 16.5. The zero-order valence-corrected chi connectivity index (χ0v) is 14.9. The fourth-order valence-corrected chi connectivity index (χ4v) is 2.60. The highest BCUT2D eigenvalue weighted by Gasteiger charge is 2.19. The summed E-state index contributed by atoms with van der Waals surface area (Å²) in [5, 5.41) is 3.55. The summed E-state index contributed by atoms with van der Waals surface area (Å²) in [6, 6.07) is 8.64. The smallest absolute Gasteiger partial charge is 0.338 e. The summed E-state index contributed by atoms with van der Waals surface area (Å²) in [5.74, 6) is 0.202. The van der Waals surface area contributed by atoms with Gasteiger partial charge in [0.05, 0.1) is 25.0 Å². The minimum absolute atomic E-state index is 0.000365. The van der Waals surface area contributed by atoms with E-state index in [9.17, 15) is 4.79 Å². The number of imidazole rings is 1. The summed E-state index contributed by atoms with van der Waals surface area (Å²) < 4.78 is 7.28. The molecule has 0 spiro atoms. The van der Waals surface area contributed by atoms with Gasteiger partial charge in [-0.25, -0.2) is 19.7 Å². The Hall–Kier alpha value is -3.65. The minimum Gasteiger partial charge on any atom is -0.457 e. The maximum atomic E-state index is 12.3. The number of rotatable bonds is 7. The number of carbonyl (C=O) groups is 1. The van der Waals surface area contributed by atoms with Crippen molar-refractivity contribution in [3.63, 3.8) is 0 Å². The van der Waals surface area contributed by atoms with E-state index in [1.807, 2.05) is 25.1 Å². The van der Waals surface area contributed by atoms with Crippen LogP contribution in [0.3, 0.4) is 0 Å². The molecule has 0 bridgehead atoms. The molecule has 138 valence electrons. The van der Waals surface area contributed by atoms with Crippen LogP contribution in [0.1, 0.15) is 10.4 Å². The van der Waals surface area contributed by atoms with Crippen molar-refractivity contribution in [1.29, 1.82) is 0 Å². The molecule has 0 fully saturated rings. The first-order valence-corrected chi connectivity index (χ1v) is 8.20. The number of ether oxygens (including phenoxy) is 1. The van der Waals surface area contributed by atoms with Crippen LogP contribution in [-0.2, 0) is 11.3 Å². The largest absolute Gasteiger partial charge is 0.457 e. The van der Waals surface area contributed by atoms with Crippen molar-refractivity contribution in [3.05, 3.63) is 59.0 Å². The van der Waals surface area contributed by atoms with Gasteiger partial charge in [-0.15, -0.1) is 0 Å². The Morgan fingerprint density at radius 2 is 2.07 bits per heavy atom. The van der Waals surface area contributed by atoms with Gasteiger partial charge < -0.3 is 14.2 Å². The number of aromatic nitrogens is 4. The third-order valence-corrected chi connectivity index (χ3v) is 3.84. The summed E-state index contributed by atoms with van der Waals surface area (Å²) in [7, 11) is 3.74. The van der Waals surface area contributed by atoms with E-state index in [0.717, 1.165) is 0 Å². The second kappa shape index (κ2) is 8.15. The van der Waals surface area contributed by atoms with Gasteiger partial charge in [-0.3, -0.25) is 0 Å². The third-order valence-electron chi connectivity index (χ3n) is 3.84. The molecule has 1 atom stereocenters. The van der Waals surface area contributed by atoms with Gasteiger partial charge in [0.2, 0.25) is 0 Å². The van der Waals surface area contributed by atoms with Crippen LogP contribution in [0.2, 0.25) is 0 Å². The number of benzene rings is 1. The molecule has 0 saturated heterocycles. The average molecular weight is 366 g/mol. The molecule has 27 heavy (non-hydrogen) atoms. The van der Waals surface area contributed by atoms with Crippen molar-refractivity contribution in [2.75, 3.05) is 25.5 Å². The Balaban J connectivity index is 1.84. The van der Waals surface area contributed by atoms with E-state index >= 15 is 0 Å². The summed E-state index contributed by atoms with van der Waals surface area (Å²) in [5.41, 5.74) is 10.3. The number of azide groups is 1. The van der Waals surface area contributed by atoms with Crippen molar-refractivity contribution in [1.82, 2.24) is 19.5 Å². The SMILES string of the molecule is CN(C)c1ncnc2c1ncn2CC(CN=[N+]=[N-])OC(=O)c1ccccc1. The second-order valence-electron chi connectivity index (χ2n) is 5.97. The predicted octanol–water partition coefficient (Wildman–Crippen LogP) is 2.43. The monoisotopic (exact) mass is 366 g/mol. The number of anilines is 1. The molecule has 0 aliphatic heterocycles. The fourth-order valence-electron chi connectivity index (χ4n) is 2.60. The molecule has 0 saturated carbocycles. The minimum atomic E-state index is -0.663. The summed E-state index contributed by atoms with van der Waals surface area (Å²) in [4.78, 5) is 29.8. The zero-order chi connectivity index (χ0) is 19.2. The number of carbonyl (C=O) groups excluding carboxylic acids is 1. The van der Waals surface area contributed by atoms with Crippen LogP contribution in [0.5, 0.6) is 0 Å². The van der Waals surface area contributed by atoms with E-state index < -0.39 is 12.1 Å². The molecular weight excluding hydrogens is 348 g/mol. The molecule has 0 N–H and O–H groups in total. The highest BCUT2D eigenvalue weighted by Crippen LogP contribution is 2.20. The summed E-state index contributed by atoms with van der Waals surface area (Å²) in [6.07, 6.45) is 2.39. The van der Waals surface area contributed by atoms with Crippen molar-refractivity contribution in [3.8, 4) is 0 Å². The molecule has 3 rings (SSSR count). The number of hydrogen-bond acceptors (Lipinski definition) is 7. The van der Waals surface area contributed by atoms with Gasteiger partial charge in [-0.1, -0.05) is 23.3 Å². The normalized spacial score (nSPS) is 11.6. The van der Waals surface area contributed by atoms with Gasteiger partial charge in [0.25, 0.3) is 0 Å². The fraction of sp³-hybridized carbons (Fsp3) is 0.294. The van der Waals surface area contributed by atoms with Crippen LogP contribution in [0.15, 0.2) is 48.1 Å². The number of esters is 1. The highest BCUT2D eigenvalue weighted by molar-refractivity contribution is 5.89. The lowest BCUT2D eigenvalue weighted by Crippen LogP contribution is -2.26. The molecule has 1 unspecified atom stereocenters. The van der Waals surface area contributed by atoms with E-state index in [1.54, 1.807) is 35.2 Å². The van der Waals surface area contributed by atoms with Crippen LogP contribution in [0.4, 0.5) is 5.82 Å². The first kappa shape index (κ1) is 18.2. The topological polar surface area (TPSA) is 122 Å². The van der Waals surface area contributed by atoms with Crippen LogP contribution >= 0.6 is 0 Å². The quantitative estimate of drug-likeness (QED) is 0.274. The molecule has 3 aromatic rings. The molecule has 0 radical (unpaired) electrons. The molecule has 10 heteroatoms. The van der Waals surface area contributed by atoms with E-state index in [0.29, 0.717) is 22.5 Å². The Bertz CT molecular complexity index is 979. The van der Waals surface area contributed by atoms with E-state index in [4.69, 9.17) is 10.3 Å². The van der Waals surface area contributed by atoms with Gasteiger partial charge >= 0.3 is 5.97 Å². The zero-order valence-electron chi connectivity index (χ0n) is 14.9. The molecule has 2 aromatic heterocycles. The van der Waals surface area contributed by atoms with E-state index in [2.05, 4.69) is 25.0 Å². The molecule has 0 aliphatic carbocycles. The van der Waals surface area contributed by atoms with E-state index in [1.165, 1.54) is 6.33 Å². The maximum Gasteiger partial charge on any atom is 0.338 e. The van der Waals surface area contributed by atoms with Gasteiger partial charge in [0.15, 0.2) is 17.0 Å². The Labute approximate surface area is 155 Å². The molecule has 1 aromatic carbocycles. The third kappa shape index (κ3) is 4.13. The number of hydrogen-bond donors (Lipinski definition) is 0. The predicted molar refractivity (Wildman–Crippen MR) is 99.3 cm³/mol. The van der Waals surface area contributed by atoms with Gasteiger partial charge in [-0.05, 0) is 17.7 Å². The molecule has 0 aliphatic rings. The average Bonchev–Trinajstić information content (AvgIpc) is 3.09. The van der Waals surface area contributed by atoms with Gasteiger partial charge in [0, 0.05) is 19.0 Å². The van der Waals surface area contributed by atoms with Crippen molar-refractivity contribution in [2.45, 2.75) is 12.6 Å². The maximum absolute atomic E-state index is 12.3. The molecule has 2 heterocycles. The Morgan fingerprint density at radius 3 is 2.78 bits per heavy atom. The van der Waals surface area contributed by atoms with Gasteiger partial charge in [-0.2, -0.15) is 0 Å². The Morgan fingerprint density at radius 1 is 1.30 bits per heavy atom. The first-order valence-electron chi connectivity index (χ1n) is 8.20. The van der Waals surface area contributed by atoms with Crippen LogP contribution < -0.4 is 4.90 Å². The number of nitrogens with zero attached hydrogens (tertiary/aromatic N) is 8. The molecule has 0 amide bonds. The molecule has 10 nitrogen and oxygen atoms in total. The standard InChI is InChI=1S/C17H18N8O2/c1-24(2)15-14-16(20-10-19-15)25(11-21-14)9-13(8-22-23-18)27-17(26)12-6-4-3-5-7-12/h3-7,10-11,13H,8-9H2,1-2H3. The lowest BCUT2D eigenvalue weighted by molar-refractivity contribution is 0.0285.